The molecule has 7 heteroatoms. The van der Waals surface area contributed by atoms with Crippen LogP contribution in [0.25, 0.3) is 0 Å². The largest absolute Gasteiger partial charge is 0.497 e. The predicted molar refractivity (Wildman–Crippen MR) is 93.5 cm³/mol. The van der Waals surface area contributed by atoms with Gasteiger partial charge in [0.25, 0.3) is 5.91 Å². The highest BCUT2D eigenvalue weighted by atomic mass is 16.6. The van der Waals surface area contributed by atoms with E-state index in [1.165, 1.54) is 7.11 Å². The number of methoxy groups -OCH3 is 1. The van der Waals surface area contributed by atoms with E-state index < -0.39 is 30.7 Å². The van der Waals surface area contributed by atoms with Crippen molar-refractivity contribution in [3.63, 3.8) is 0 Å². The van der Waals surface area contributed by atoms with Crippen LogP contribution in [0.3, 0.4) is 0 Å². The highest BCUT2D eigenvalue weighted by Gasteiger charge is 2.35. The van der Waals surface area contributed by atoms with Crippen LogP contribution in [0.15, 0.2) is 48.5 Å². The van der Waals surface area contributed by atoms with Crippen molar-refractivity contribution in [2.75, 3.05) is 19.0 Å². The Bertz CT molecular complexity index is 806. The summed E-state index contributed by atoms with van der Waals surface area (Å²) >= 11 is 0. The average molecular weight is 357 g/mol. The second-order valence-electron chi connectivity index (χ2n) is 5.70. The van der Waals surface area contributed by atoms with E-state index in [0.29, 0.717) is 22.9 Å². The summed E-state index contributed by atoms with van der Waals surface area (Å²) in [5.74, 6) is 0.525. The molecule has 1 N–H and O–H groups in total. The van der Waals surface area contributed by atoms with Gasteiger partial charge in [-0.2, -0.15) is 0 Å². The van der Waals surface area contributed by atoms with E-state index in [0.717, 1.165) is 0 Å². The molecule has 0 saturated carbocycles. The minimum atomic E-state index is -0.936. The Hall–Kier alpha value is -3.22. The number of hydrogen-bond donors (Lipinski definition) is 1. The molecule has 1 heterocycles. The van der Waals surface area contributed by atoms with Crippen molar-refractivity contribution in [1.82, 2.24) is 0 Å². The summed E-state index contributed by atoms with van der Waals surface area (Å²) in [6, 6.07) is 13.9. The van der Waals surface area contributed by atoms with Crippen molar-refractivity contribution >= 4 is 17.6 Å². The second kappa shape index (κ2) is 7.77. The average Bonchev–Trinajstić information content (AvgIpc) is 2.65. The van der Waals surface area contributed by atoms with Crippen LogP contribution in [0.4, 0.5) is 5.69 Å². The Kier molecular flexibility index (Phi) is 5.26. The number of rotatable bonds is 5. The minimum absolute atomic E-state index is 0.426. The molecule has 2 unspecified atom stereocenters. The molecule has 0 fully saturated rings. The van der Waals surface area contributed by atoms with E-state index in [1.807, 2.05) is 6.07 Å². The number of esters is 1. The first kappa shape index (κ1) is 17.6. The summed E-state index contributed by atoms with van der Waals surface area (Å²) in [6.07, 6.45) is -1.46. The Labute approximate surface area is 150 Å². The standard InChI is InChI=1S/C19H19NO6/c1-12-18(26-16-9-4-3-8-15(16)25-12)19(22)24-11-17(21)20-13-6-5-7-14(10-13)23-2/h3-10,12,18H,11H2,1-2H3,(H,20,21). The van der Waals surface area contributed by atoms with E-state index >= 15 is 0 Å². The number of hydrogen-bond acceptors (Lipinski definition) is 6. The molecule has 1 aliphatic rings. The summed E-state index contributed by atoms with van der Waals surface area (Å²) < 4.78 is 21.4. The van der Waals surface area contributed by atoms with Gasteiger partial charge in [0.1, 0.15) is 11.9 Å². The fourth-order valence-electron chi connectivity index (χ4n) is 2.50. The zero-order chi connectivity index (χ0) is 18.5. The van der Waals surface area contributed by atoms with Crippen LogP contribution in [-0.4, -0.2) is 37.8 Å². The third-order valence-corrected chi connectivity index (χ3v) is 3.77. The predicted octanol–water partition coefficient (Wildman–Crippen LogP) is 2.41. The van der Waals surface area contributed by atoms with Crippen LogP contribution >= 0.6 is 0 Å². The maximum atomic E-state index is 12.2. The quantitative estimate of drug-likeness (QED) is 0.828. The van der Waals surface area contributed by atoms with Gasteiger partial charge >= 0.3 is 5.97 Å². The fraction of sp³-hybridized carbons (Fsp3) is 0.263. The smallest absolute Gasteiger partial charge is 0.351 e. The number of fused-ring (bicyclic) bond motifs is 1. The molecule has 0 radical (unpaired) electrons. The highest BCUT2D eigenvalue weighted by Crippen LogP contribution is 2.33. The molecule has 2 aromatic carbocycles. The minimum Gasteiger partial charge on any atom is -0.497 e. The van der Waals surface area contributed by atoms with Crippen molar-refractivity contribution in [3.8, 4) is 17.2 Å². The number of ether oxygens (including phenoxy) is 4. The molecule has 0 aromatic heterocycles. The molecule has 26 heavy (non-hydrogen) atoms. The Morgan fingerprint density at radius 3 is 2.54 bits per heavy atom. The van der Waals surface area contributed by atoms with Gasteiger partial charge in [-0.05, 0) is 31.2 Å². The van der Waals surface area contributed by atoms with Crippen molar-refractivity contribution in [2.45, 2.75) is 19.1 Å². The summed E-state index contributed by atoms with van der Waals surface area (Å²) in [5, 5.41) is 2.63. The number of anilines is 1. The zero-order valence-corrected chi connectivity index (χ0v) is 14.4. The number of benzene rings is 2. The van der Waals surface area contributed by atoms with Gasteiger partial charge < -0.3 is 24.3 Å². The van der Waals surface area contributed by atoms with Gasteiger partial charge in [-0.15, -0.1) is 0 Å². The van der Waals surface area contributed by atoms with Gasteiger partial charge in [0.05, 0.1) is 7.11 Å². The number of carbonyl (C=O) groups excluding carboxylic acids is 2. The topological polar surface area (TPSA) is 83.1 Å². The first-order chi connectivity index (χ1) is 12.6. The number of para-hydroxylation sites is 2. The number of carbonyl (C=O) groups is 2. The van der Waals surface area contributed by atoms with Crippen molar-refractivity contribution < 1.29 is 28.5 Å². The summed E-state index contributed by atoms with van der Waals surface area (Å²) in [5.41, 5.74) is 0.546. The fourth-order valence-corrected chi connectivity index (χ4v) is 2.50. The summed E-state index contributed by atoms with van der Waals surface area (Å²) in [7, 11) is 1.54. The van der Waals surface area contributed by atoms with Crippen LogP contribution < -0.4 is 19.5 Å². The lowest BCUT2D eigenvalue weighted by atomic mass is 10.2. The van der Waals surface area contributed by atoms with E-state index in [-0.39, 0.29) is 0 Å². The molecule has 136 valence electrons. The highest BCUT2D eigenvalue weighted by molar-refractivity contribution is 5.93. The van der Waals surface area contributed by atoms with Gasteiger partial charge in [-0.3, -0.25) is 4.79 Å². The lowest BCUT2D eigenvalue weighted by Gasteiger charge is -2.30. The molecule has 0 bridgehead atoms. The molecule has 3 rings (SSSR count). The summed E-state index contributed by atoms with van der Waals surface area (Å²) in [6.45, 7) is 1.28. The van der Waals surface area contributed by atoms with E-state index in [9.17, 15) is 9.59 Å². The normalized spacial score (nSPS) is 17.9. The third-order valence-electron chi connectivity index (χ3n) is 3.77. The van der Waals surface area contributed by atoms with E-state index in [2.05, 4.69) is 5.32 Å². The molecule has 0 aliphatic carbocycles. The van der Waals surface area contributed by atoms with E-state index in [1.54, 1.807) is 49.4 Å². The first-order valence-corrected chi connectivity index (χ1v) is 8.09. The van der Waals surface area contributed by atoms with Gasteiger partial charge in [-0.25, -0.2) is 4.79 Å². The monoisotopic (exact) mass is 357 g/mol. The molecular formula is C19H19NO6. The molecule has 0 saturated heterocycles. The van der Waals surface area contributed by atoms with Crippen LogP contribution in [0.5, 0.6) is 17.2 Å². The second-order valence-corrected chi connectivity index (χ2v) is 5.70. The Balaban J connectivity index is 1.54. The molecule has 1 aliphatic heterocycles. The molecule has 1 amide bonds. The lowest BCUT2D eigenvalue weighted by Crippen LogP contribution is -2.45. The maximum Gasteiger partial charge on any atom is 0.351 e. The van der Waals surface area contributed by atoms with Crippen LogP contribution in [-0.2, 0) is 14.3 Å². The van der Waals surface area contributed by atoms with Gasteiger partial charge in [0, 0.05) is 11.8 Å². The number of nitrogens with one attached hydrogen (secondary N) is 1. The van der Waals surface area contributed by atoms with Gasteiger partial charge in [0.2, 0.25) is 6.10 Å². The van der Waals surface area contributed by atoms with Crippen LogP contribution in [0.1, 0.15) is 6.92 Å². The zero-order valence-electron chi connectivity index (χ0n) is 14.4. The Morgan fingerprint density at radius 1 is 1.08 bits per heavy atom. The molecule has 2 aromatic rings. The van der Waals surface area contributed by atoms with Gasteiger partial charge in [-0.1, -0.05) is 18.2 Å². The SMILES string of the molecule is COc1cccc(NC(=O)COC(=O)C2Oc3ccccc3OC2C)c1. The molecule has 0 spiro atoms. The van der Waals surface area contributed by atoms with Gasteiger partial charge in [0.15, 0.2) is 18.1 Å². The third kappa shape index (κ3) is 4.05. The lowest BCUT2D eigenvalue weighted by molar-refractivity contribution is -0.159. The Morgan fingerprint density at radius 2 is 1.81 bits per heavy atom. The molecule has 2 atom stereocenters. The number of amides is 1. The van der Waals surface area contributed by atoms with Crippen molar-refractivity contribution in [2.24, 2.45) is 0 Å². The van der Waals surface area contributed by atoms with Crippen molar-refractivity contribution in [1.29, 1.82) is 0 Å². The maximum absolute atomic E-state index is 12.2. The first-order valence-electron chi connectivity index (χ1n) is 8.09. The molecule has 7 nitrogen and oxygen atoms in total. The van der Waals surface area contributed by atoms with Crippen molar-refractivity contribution in [3.05, 3.63) is 48.5 Å². The summed E-state index contributed by atoms with van der Waals surface area (Å²) in [4.78, 5) is 24.2. The van der Waals surface area contributed by atoms with Crippen LogP contribution in [0.2, 0.25) is 0 Å². The molecular weight excluding hydrogens is 338 g/mol. The van der Waals surface area contributed by atoms with Crippen LogP contribution in [0, 0.1) is 0 Å². The van der Waals surface area contributed by atoms with E-state index in [4.69, 9.17) is 18.9 Å².